The predicted molar refractivity (Wildman–Crippen MR) is 61.7 cm³/mol. The van der Waals surface area contributed by atoms with Crippen molar-refractivity contribution < 1.29 is 24.5 Å². The second kappa shape index (κ2) is 8.25. The van der Waals surface area contributed by atoms with Crippen molar-refractivity contribution in [2.45, 2.75) is 25.0 Å². The molecule has 18 heavy (non-hydrogen) atoms. The summed E-state index contributed by atoms with van der Waals surface area (Å²) in [6, 6.07) is -1.26. The number of carbonyl (C=O) groups is 2. The van der Waals surface area contributed by atoms with E-state index in [1.54, 1.807) is 0 Å². The van der Waals surface area contributed by atoms with Crippen LogP contribution >= 0.6 is 0 Å². The van der Waals surface area contributed by atoms with Crippen LogP contribution in [0.1, 0.15) is 12.8 Å². The largest absolute Gasteiger partial charge is 0.481 e. The molecule has 9 heteroatoms. The number of guanidine groups is 1. The molecule has 0 saturated carbocycles. The normalized spacial score (nSPS) is 13.4. The molecule has 0 radical (unpaired) electrons. The van der Waals surface area contributed by atoms with Crippen LogP contribution in [0.25, 0.3) is 0 Å². The second-order valence-electron chi connectivity index (χ2n) is 3.53. The zero-order valence-corrected chi connectivity index (χ0v) is 9.76. The van der Waals surface area contributed by atoms with Gasteiger partial charge in [-0.25, -0.2) is 0 Å². The summed E-state index contributed by atoms with van der Waals surface area (Å²) in [5, 5.41) is 27.2. The van der Waals surface area contributed by atoms with Crippen LogP contribution in [0.4, 0.5) is 0 Å². The molecule has 9 nitrogen and oxygen atoms in total. The maximum Gasteiger partial charge on any atom is 0.325 e. The van der Waals surface area contributed by atoms with Crippen LogP contribution in [-0.2, 0) is 14.3 Å². The van der Waals surface area contributed by atoms with Gasteiger partial charge in [0.25, 0.3) is 0 Å². The van der Waals surface area contributed by atoms with Gasteiger partial charge in [-0.15, -0.1) is 0 Å². The van der Waals surface area contributed by atoms with Crippen LogP contribution in [0.2, 0.25) is 0 Å². The Kier molecular flexibility index (Phi) is 7.40. The first-order chi connectivity index (χ1) is 8.34. The van der Waals surface area contributed by atoms with Crippen molar-refractivity contribution in [2.24, 2.45) is 11.5 Å². The number of aliphatic hydroxyl groups excluding tert-OH is 1. The molecule has 0 aliphatic carbocycles. The molecule has 1 unspecified atom stereocenters. The molecular formula is C9H18N4O5. The van der Waals surface area contributed by atoms with Gasteiger partial charge in [0.2, 0.25) is 0 Å². The van der Waals surface area contributed by atoms with E-state index in [0.29, 0.717) is 0 Å². The molecule has 0 spiro atoms. The number of aliphatic hydroxyl groups is 1. The molecule has 0 bridgehead atoms. The van der Waals surface area contributed by atoms with E-state index in [9.17, 15) is 14.7 Å². The van der Waals surface area contributed by atoms with Gasteiger partial charge in [0.1, 0.15) is 12.6 Å². The summed E-state index contributed by atoms with van der Waals surface area (Å²) in [6.07, 6.45) is -1.37. The molecule has 0 aromatic rings. The van der Waals surface area contributed by atoms with Gasteiger partial charge in [-0.3, -0.25) is 15.0 Å². The fraction of sp³-hybridized carbons (Fsp3) is 0.667. The number of carbonyl (C=O) groups excluding carboxylic acids is 1. The first-order valence-electron chi connectivity index (χ1n) is 5.24. The predicted octanol–water partition coefficient (Wildman–Crippen LogP) is -2.43. The SMILES string of the molecule is N=C(N)NCC[C@H](O)C(N)C(=O)OCCC(=O)O. The molecule has 8 N–H and O–H groups in total. The maximum absolute atomic E-state index is 11.3. The van der Waals surface area contributed by atoms with Crippen LogP contribution in [0, 0.1) is 5.41 Å². The van der Waals surface area contributed by atoms with Crippen molar-refractivity contribution in [2.75, 3.05) is 13.2 Å². The van der Waals surface area contributed by atoms with Gasteiger partial charge < -0.3 is 31.7 Å². The second-order valence-corrected chi connectivity index (χ2v) is 3.53. The number of hydrogen-bond donors (Lipinski definition) is 6. The highest BCUT2D eigenvalue weighted by molar-refractivity contribution is 5.77. The lowest BCUT2D eigenvalue weighted by Crippen LogP contribution is -2.45. The van der Waals surface area contributed by atoms with Crippen LogP contribution in [0.5, 0.6) is 0 Å². The van der Waals surface area contributed by atoms with E-state index in [4.69, 9.17) is 22.0 Å². The van der Waals surface area contributed by atoms with E-state index >= 15 is 0 Å². The number of ether oxygens (including phenoxy) is 1. The Morgan fingerprint density at radius 2 is 2.06 bits per heavy atom. The molecule has 0 rings (SSSR count). The Morgan fingerprint density at radius 1 is 1.44 bits per heavy atom. The van der Waals surface area contributed by atoms with Gasteiger partial charge >= 0.3 is 11.9 Å². The standard InChI is InChI=1S/C9H18N4O5/c10-7(5(14)1-3-13-9(11)12)8(17)18-4-2-6(15)16/h5,7,14H,1-4,10H2,(H,15,16)(H4,11,12,13)/t5-,7?/m0/s1. The lowest BCUT2D eigenvalue weighted by molar-refractivity contribution is -0.150. The summed E-state index contributed by atoms with van der Waals surface area (Å²) in [5.74, 6) is -2.21. The highest BCUT2D eigenvalue weighted by Crippen LogP contribution is 1.99. The molecule has 0 aromatic carbocycles. The van der Waals surface area contributed by atoms with Gasteiger partial charge in [0.15, 0.2) is 5.96 Å². The summed E-state index contributed by atoms with van der Waals surface area (Å²) in [6.45, 7) is -0.104. The van der Waals surface area contributed by atoms with Gasteiger partial charge in [0.05, 0.1) is 12.5 Å². The summed E-state index contributed by atoms with van der Waals surface area (Å²) >= 11 is 0. The Labute approximate surface area is 104 Å². The van der Waals surface area contributed by atoms with Crippen LogP contribution in [-0.4, -0.2) is 53.4 Å². The molecule has 2 atom stereocenters. The monoisotopic (exact) mass is 262 g/mol. The number of nitrogens with one attached hydrogen (secondary N) is 2. The van der Waals surface area contributed by atoms with E-state index in [2.05, 4.69) is 10.1 Å². The molecule has 0 amide bonds. The van der Waals surface area contributed by atoms with Gasteiger partial charge in [-0.2, -0.15) is 0 Å². The number of hydrogen-bond acceptors (Lipinski definition) is 6. The lowest BCUT2D eigenvalue weighted by atomic mass is 10.1. The Bertz CT molecular complexity index is 309. The lowest BCUT2D eigenvalue weighted by Gasteiger charge is -2.17. The van der Waals surface area contributed by atoms with E-state index in [-0.39, 0.29) is 32.0 Å². The average Bonchev–Trinajstić information content (AvgIpc) is 2.26. The molecule has 0 aliphatic heterocycles. The number of esters is 1. The highest BCUT2D eigenvalue weighted by Gasteiger charge is 2.23. The summed E-state index contributed by atoms with van der Waals surface area (Å²) < 4.78 is 4.57. The van der Waals surface area contributed by atoms with Crippen molar-refractivity contribution in [1.82, 2.24) is 5.32 Å². The maximum atomic E-state index is 11.3. The minimum absolute atomic E-state index is 0.106. The van der Waals surface area contributed by atoms with Crippen LogP contribution in [0.15, 0.2) is 0 Å². The zero-order chi connectivity index (χ0) is 14.1. The Balaban J connectivity index is 3.89. The number of aliphatic carboxylic acids is 1. The van der Waals surface area contributed by atoms with Gasteiger partial charge in [-0.1, -0.05) is 0 Å². The quantitative estimate of drug-likeness (QED) is 0.159. The average molecular weight is 262 g/mol. The first-order valence-corrected chi connectivity index (χ1v) is 5.24. The number of carboxylic acids is 1. The third-order valence-corrected chi connectivity index (χ3v) is 2.00. The molecule has 0 heterocycles. The minimum atomic E-state index is -1.26. The van der Waals surface area contributed by atoms with Crippen LogP contribution < -0.4 is 16.8 Å². The number of rotatable bonds is 8. The Hall–Kier alpha value is -1.87. The number of nitrogens with two attached hydrogens (primary N) is 2. The third kappa shape index (κ3) is 7.41. The van der Waals surface area contributed by atoms with E-state index < -0.39 is 24.1 Å². The van der Waals surface area contributed by atoms with Crippen LogP contribution in [0.3, 0.4) is 0 Å². The molecule has 104 valence electrons. The molecule has 0 fully saturated rings. The fourth-order valence-corrected chi connectivity index (χ4v) is 1.03. The molecule has 0 saturated heterocycles. The summed E-state index contributed by atoms with van der Waals surface area (Å²) in [5.41, 5.74) is 10.4. The molecule has 0 aromatic heterocycles. The number of carboxylic acid groups (broad SMARTS) is 1. The van der Waals surface area contributed by atoms with Crippen molar-refractivity contribution in [3.8, 4) is 0 Å². The van der Waals surface area contributed by atoms with Gasteiger partial charge in [-0.05, 0) is 6.42 Å². The van der Waals surface area contributed by atoms with E-state index in [0.717, 1.165) is 0 Å². The van der Waals surface area contributed by atoms with Gasteiger partial charge in [0, 0.05) is 6.54 Å². The van der Waals surface area contributed by atoms with Crippen molar-refractivity contribution >= 4 is 17.9 Å². The first kappa shape index (κ1) is 16.1. The topological polar surface area (TPSA) is 172 Å². The minimum Gasteiger partial charge on any atom is -0.481 e. The van der Waals surface area contributed by atoms with E-state index in [1.807, 2.05) is 0 Å². The Morgan fingerprint density at radius 3 is 2.56 bits per heavy atom. The summed E-state index contributed by atoms with van der Waals surface area (Å²) in [7, 11) is 0. The highest BCUT2D eigenvalue weighted by atomic mass is 16.5. The van der Waals surface area contributed by atoms with Crippen molar-refractivity contribution in [3.05, 3.63) is 0 Å². The fourth-order valence-electron chi connectivity index (χ4n) is 1.03. The van der Waals surface area contributed by atoms with Crippen molar-refractivity contribution in [1.29, 1.82) is 5.41 Å². The molecule has 0 aliphatic rings. The zero-order valence-electron chi connectivity index (χ0n) is 9.76. The summed E-state index contributed by atoms with van der Waals surface area (Å²) in [4.78, 5) is 21.5. The van der Waals surface area contributed by atoms with Crippen molar-refractivity contribution in [3.63, 3.8) is 0 Å². The molecular weight excluding hydrogens is 244 g/mol. The van der Waals surface area contributed by atoms with E-state index in [1.165, 1.54) is 0 Å². The third-order valence-electron chi connectivity index (χ3n) is 2.00. The smallest absolute Gasteiger partial charge is 0.325 e.